The van der Waals surface area contributed by atoms with Crippen molar-refractivity contribution in [2.24, 2.45) is 5.92 Å². The molecular weight excluding hydrogens is 336 g/mol. The molecule has 1 fully saturated rings. The predicted molar refractivity (Wildman–Crippen MR) is 113 cm³/mol. The molecule has 0 aliphatic carbocycles. The van der Waals surface area contributed by atoms with Gasteiger partial charge in [-0.2, -0.15) is 0 Å². The van der Waals surface area contributed by atoms with Gasteiger partial charge in [-0.05, 0) is 68.5 Å². The van der Waals surface area contributed by atoms with Crippen LogP contribution in [0.2, 0.25) is 0 Å². The minimum absolute atomic E-state index is 0.192. The average molecular weight is 367 g/mol. The number of piperidine rings is 1. The fourth-order valence-corrected chi connectivity index (χ4v) is 3.25. The molecule has 27 heavy (non-hydrogen) atoms. The van der Waals surface area contributed by atoms with E-state index in [4.69, 9.17) is 0 Å². The van der Waals surface area contributed by atoms with Crippen LogP contribution in [-0.2, 0) is 0 Å². The fourth-order valence-electron chi connectivity index (χ4n) is 3.25. The van der Waals surface area contributed by atoms with E-state index in [0.29, 0.717) is 11.7 Å². The molecule has 5 nitrogen and oxygen atoms in total. The highest BCUT2D eigenvalue weighted by Gasteiger charge is 2.16. The molecule has 3 rings (SSSR count). The van der Waals surface area contributed by atoms with Crippen molar-refractivity contribution >= 4 is 23.0 Å². The monoisotopic (exact) mass is 366 g/mol. The summed E-state index contributed by atoms with van der Waals surface area (Å²) >= 11 is 0. The number of hydrogen-bond donors (Lipinski definition) is 2. The van der Waals surface area contributed by atoms with E-state index in [1.54, 1.807) is 12.3 Å². The lowest BCUT2D eigenvalue weighted by molar-refractivity contribution is 0.102. The highest BCUT2D eigenvalue weighted by molar-refractivity contribution is 6.03. The van der Waals surface area contributed by atoms with Crippen molar-refractivity contribution in [2.45, 2.75) is 46.1 Å². The molecule has 2 N–H and O–H groups in total. The molecule has 1 aromatic carbocycles. The number of aromatic nitrogens is 1. The van der Waals surface area contributed by atoms with Crippen molar-refractivity contribution in [1.29, 1.82) is 0 Å². The Labute approximate surface area is 162 Å². The molecule has 0 spiro atoms. The van der Waals surface area contributed by atoms with Crippen LogP contribution < -0.4 is 15.5 Å². The molecular formula is C22H30N4O. The Kier molecular flexibility index (Phi) is 6.32. The third-order valence-corrected chi connectivity index (χ3v) is 5.29. The first-order chi connectivity index (χ1) is 13.0. The first kappa shape index (κ1) is 19.2. The average Bonchev–Trinajstić information content (AvgIpc) is 2.69. The van der Waals surface area contributed by atoms with E-state index in [9.17, 15) is 4.79 Å². The van der Waals surface area contributed by atoms with Gasteiger partial charge in [-0.3, -0.25) is 9.78 Å². The van der Waals surface area contributed by atoms with Gasteiger partial charge in [-0.25, -0.2) is 0 Å². The Balaban J connectivity index is 1.61. The van der Waals surface area contributed by atoms with Gasteiger partial charge in [0.05, 0.1) is 0 Å². The van der Waals surface area contributed by atoms with Crippen LogP contribution >= 0.6 is 0 Å². The van der Waals surface area contributed by atoms with Crippen molar-refractivity contribution in [2.75, 3.05) is 28.6 Å². The number of hydrogen-bond acceptors (Lipinski definition) is 4. The minimum Gasteiger partial charge on any atom is -0.382 e. The zero-order valence-corrected chi connectivity index (χ0v) is 16.5. The largest absolute Gasteiger partial charge is 0.382 e. The third kappa shape index (κ3) is 5.22. The molecule has 2 heterocycles. The van der Waals surface area contributed by atoms with Crippen LogP contribution in [0.3, 0.4) is 0 Å². The summed E-state index contributed by atoms with van der Waals surface area (Å²) in [6.07, 6.45) is 5.17. The smallest absolute Gasteiger partial charge is 0.274 e. The second-order valence-electron chi connectivity index (χ2n) is 7.55. The molecule has 1 aromatic heterocycles. The number of rotatable bonds is 6. The summed E-state index contributed by atoms with van der Waals surface area (Å²) in [6.45, 7) is 8.77. The Morgan fingerprint density at radius 3 is 2.56 bits per heavy atom. The Morgan fingerprint density at radius 2 is 1.89 bits per heavy atom. The van der Waals surface area contributed by atoms with Gasteiger partial charge in [0.25, 0.3) is 5.91 Å². The Morgan fingerprint density at radius 1 is 1.19 bits per heavy atom. The molecule has 2 aromatic rings. The number of amides is 1. The quantitative estimate of drug-likeness (QED) is 0.772. The first-order valence-electron chi connectivity index (χ1n) is 9.94. The maximum absolute atomic E-state index is 12.5. The molecule has 1 saturated heterocycles. The molecule has 0 bridgehead atoms. The highest BCUT2D eigenvalue weighted by Crippen LogP contribution is 2.24. The van der Waals surface area contributed by atoms with Gasteiger partial charge < -0.3 is 15.5 Å². The van der Waals surface area contributed by atoms with Crippen molar-refractivity contribution in [3.05, 3.63) is 48.3 Å². The standard InChI is InChI=1S/C22H30N4O/c1-4-17(3)24-19-9-12-23-21(15-19)22(27)25-18-5-7-20(8-6-18)26-13-10-16(2)11-14-26/h5-9,12,15-17H,4,10-11,13-14H2,1-3H3,(H,23,24)(H,25,27). The fraction of sp³-hybridized carbons (Fsp3) is 0.455. The maximum Gasteiger partial charge on any atom is 0.274 e. The lowest BCUT2D eigenvalue weighted by atomic mass is 9.99. The van der Waals surface area contributed by atoms with Gasteiger partial charge in [-0.1, -0.05) is 13.8 Å². The molecule has 1 aliphatic rings. The lowest BCUT2D eigenvalue weighted by Crippen LogP contribution is -2.32. The van der Waals surface area contributed by atoms with Crippen LogP contribution in [0.15, 0.2) is 42.6 Å². The molecule has 0 radical (unpaired) electrons. The van der Waals surface area contributed by atoms with E-state index in [1.165, 1.54) is 18.5 Å². The molecule has 1 atom stereocenters. The molecule has 1 aliphatic heterocycles. The molecule has 144 valence electrons. The molecule has 1 unspecified atom stereocenters. The Bertz CT molecular complexity index is 751. The summed E-state index contributed by atoms with van der Waals surface area (Å²) in [7, 11) is 0. The zero-order chi connectivity index (χ0) is 19.2. The van der Waals surface area contributed by atoms with Crippen molar-refractivity contribution < 1.29 is 4.79 Å². The normalized spacial score (nSPS) is 16.0. The van der Waals surface area contributed by atoms with Crippen molar-refractivity contribution in [3.8, 4) is 0 Å². The van der Waals surface area contributed by atoms with Crippen molar-refractivity contribution in [1.82, 2.24) is 4.98 Å². The SMILES string of the molecule is CCC(C)Nc1ccnc(C(=O)Nc2ccc(N3CCC(C)CC3)cc2)c1. The molecule has 5 heteroatoms. The van der Waals surface area contributed by atoms with Crippen LogP contribution in [0.4, 0.5) is 17.1 Å². The van der Waals surface area contributed by atoms with Gasteiger partial charge in [0, 0.05) is 42.4 Å². The number of anilines is 3. The van der Waals surface area contributed by atoms with Crippen LogP contribution in [0, 0.1) is 5.92 Å². The topological polar surface area (TPSA) is 57.3 Å². The van der Waals surface area contributed by atoms with Gasteiger partial charge in [0.2, 0.25) is 0 Å². The number of nitrogens with one attached hydrogen (secondary N) is 2. The summed E-state index contributed by atoms with van der Waals surface area (Å²) in [5.74, 6) is 0.625. The lowest BCUT2D eigenvalue weighted by Gasteiger charge is -2.32. The maximum atomic E-state index is 12.5. The van der Waals surface area contributed by atoms with Gasteiger partial charge in [0.15, 0.2) is 0 Å². The van der Waals surface area contributed by atoms with E-state index in [2.05, 4.69) is 53.4 Å². The van der Waals surface area contributed by atoms with Gasteiger partial charge in [0.1, 0.15) is 5.69 Å². The van der Waals surface area contributed by atoms with E-state index in [-0.39, 0.29) is 5.91 Å². The van der Waals surface area contributed by atoms with E-state index in [1.807, 2.05) is 18.2 Å². The zero-order valence-electron chi connectivity index (χ0n) is 16.5. The van der Waals surface area contributed by atoms with E-state index in [0.717, 1.165) is 36.8 Å². The van der Waals surface area contributed by atoms with Gasteiger partial charge in [-0.15, -0.1) is 0 Å². The number of pyridine rings is 1. The second-order valence-corrected chi connectivity index (χ2v) is 7.55. The first-order valence-corrected chi connectivity index (χ1v) is 9.94. The van der Waals surface area contributed by atoms with Crippen LogP contribution in [0.25, 0.3) is 0 Å². The predicted octanol–water partition coefficient (Wildman–Crippen LogP) is 4.78. The van der Waals surface area contributed by atoms with Crippen LogP contribution in [0.1, 0.15) is 50.5 Å². The third-order valence-electron chi connectivity index (χ3n) is 5.29. The Hall–Kier alpha value is -2.56. The van der Waals surface area contributed by atoms with E-state index < -0.39 is 0 Å². The van der Waals surface area contributed by atoms with Gasteiger partial charge >= 0.3 is 0 Å². The molecule has 0 saturated carbocycles. The number of nitrogens with zero attached hydrogens (tertiary/aromatic N) is 2. The van der Waals surface area contributed by atoms with E-state index >= 15 is 0 Å². The summed E-state index contributed by atoms with van der Waals surface area (Å²) < 4.78 is 0. The number of benzene rings is 1. The summed E-state index contributed by atoms with van der Waals surface area (Å²) in [4.78, 5) is 19.2. The minimum atomic E-state index is -0.192. The number of carbonyl (C=O) groups is 1. The summed E-state index contributed by atoms with van der Waals surface area (Å²) in [6, 6.07) is 12.1. The number of carbonyl (C=O) groups excluding carboxylic acids is 1. The highest BCUT2D eigenvalue weighted by atomic mass is 16.1. The molecule has 1 amide bonds. The van der Waals surface area contributed by atoms with Crippen LogP contribution in [-0.4, -0.2) is 30.0 Å². The summed E-state index contributed by atoms with van der Waals surface area (Å²) in [5.41, 5.74) is 3.34. The second kappa shape index (κ2) is 8.89. The van der Waals surface area contributed by atoms with Crippen molar-refractivity contribution in [3.63, 3.8) is 0 Å². The summed E-state index contributed by atoms with van der Waals surface area (Å²) in [5, 5.41) is 6.31. The van der Waals surface area contributed by atoms with Crippen LogP contribution in [0.5, 0.6) is 0 Å².